The molecule has 0 aromatic rings. The van der Waals surface area contributed by atoms with Gasteiger partial charge in [0, 0.05) is 19.3 Å². The predicted octanol–water partition coefficient (Wildman–Crippen LogP) is 8.93. The molecule has 0 unspecified atom stereocenters. The zero-order chi connectivity index (χ0) is 25.8. The van der Waals surface area contributed by atoms with E-state index in [1.807, 2.05) is 0 Å². The number of allylic oxidation sites excluding steroid dienone is 4. The Morgan fingerprint density at radius 2 is 1.80 bits per heavy atom. The van der Waals surface area contributed by atoms with E-state index in [0.717, 1.165) is 36.5 Å². The molecule has 196 valence electrons. The second-order valence-electron chi connectivity index (χ2n) is 14.4. The first kappa shape index (κ1) is 26.7. The highest BCUT2D eigenvalue weighted by Crippen LogP contribution is 2.67. The van der Waals surface area contributed by atoms with Gasteiger partial charge in [0.15, 0.2) is 0 Å². The van der Waals surface area contributed by atoms with Crippen molar-refractivity contribution in [1.82, 2.24) is 0 Å². The van der Waals surface area contributed by atoms with Crippen LogP contribution in [0.2, 0.25) is 0 Å². The zero-order valence-electron chi connectivity index (χ0n) is 24.0. The second-order valence-corrected chi connectivity index (χ2v) is 14.4. The molecule has 9 atom stereocenters. The van der Waals surface area contributed by atoms with Crippen molar-refractivity contribution < 1.29 is 9.53 Å². The molecule has 3 fully saturated rings. The summed E-state index contributed by atoms with van der Waals surface area (Å²) in [5, 5.41) is 0. The Bertz CT molecular complexity index is 887. The fourth-order valence-corrected chi connectivity index (χ4v) is 9.48. The van der Waals surface area contributed by atoms with Gasteiger partial charge in [-0.05, 0) is 97.7 Å². The van der Waals surface area contributed by atoms with Crippen molar-refractivity contribution in [3.05, 3.63) is 36.0 Å². The molecule has 0 aromatic carbocycles. The summed E-state index contributed by atoms with van der Waals surface area (Å²) in [4.78, 5) is 11.5. The van der Waals surface area contributed by atoms with Crippen molar-refractivity contribution in [3.63, 3.8) is 0 Å². The summed E-state index contributed by atoms with van der Waals surface area (Å²) in [5.41, 5.74) is 3.86. The van der Waals surface area contributed by atoms with E-state index in [4.69, 9.17) is 4.74 Å². The van der Waals surface area contributed by atoms with Gasteiger partial charge in [-0.25, -0.2) is 0 Å². The third-order valence-electron chi connectivity index (χ3n) is 11.2. The molecular weight excluding hydrogens is 428 g/mol. The molecule has 0 saturated heterocycles. The second kappa shape index (κ2) is 9.53. The van der Waals surface area contributed by atoms with Gasteiger partial charge in [-0.3, -0.25) is 4.79 Å². The maximum atomic E-state index is 11.5. The molecule has 2 nitrogen and oxygen atoms in total. The van der Waals surface area contributed by atoms with Crippen LogP contribution in [-0.4, -0.2) is 12.1 Å². The maximum Gasteiger partial charge on any atom is 0.302 e. The predicted molar refractivity (Wildman–Crippen MR) is 147 cm³/mol. The molecular formula is C33H52O2. The van der Waals surface area contributed by atoms with E-state index in [2.05, 4.69) is 73.3 Å². The summed E-state index contributed by atoms with van der Waals surface area (Å²) >= 11 is 0. The first-order valence-corrected chi connectivity index (χ1v) is 14.5. The number of fused-ring (bicyclic) bond motifs is 5. The quantitative estimate of drug-likeness (QED) is 0.290. The molecule has 0 heterocycles. The Morgan fingerprint density at radius 3 is 2.43 bits per heavy atom. The van der Waals surface area contributed by atoms with Crippen molar-refractivity contribution in [2.75, 3.05) is 0 Å². The molecule has 0 amide bonds. The van der Waals surface area contributed by atoms with Crippen LogP contribution in [0.1, 0.15) is 107 Å². The Morgan fingerprint density at radius 1 is 1.09 bits per heavy atom. The molecule has 35 heavy (non-hydrogen) atoms. The minimum atomic E-state index is -0.126. The van der Waals surface area contributed by atoms with Crippen LogP contribution in [0.3, 0.4) is 0 Å². The van der Waals surface area contributed by atoms with Crippen LogP contribution in [-0.2, 0) is 9.53 Å². The minimum Gasteiger partial charge on any atom is -0.462 e. The van der Waals surface area contributed by atoms with Crippen LogP contribution in [0, 0.1) is 51.8 Å². The molecule has 0 spiro atoms. The number of rotatable bonds is 5. The van der Waals surface area contributed by atoms with E-state index >= 15 is 0 Å². The van der Waals surface area contributed by atoms with E-state index in [-0.39, 0.29) is 17.5 Å². The lowest BCUT2D eigenvalue weighted by molar-refractivity contribution is -0.148. The summed E-state index contributed by atoms with van der Waals surface area (Å²) in [7, 11) is 0. The molecule has 4 rings (SSSR count). The number of esters is 1. The number of hydrogen-bond acceptors (Lipinski definition) is 2. The maximum absolute atomic E-state index is 11.5. The van der Waals surface area contributed by atoms with Gasteiger partial charge in [0.1, 0.15) is 6.10 Å². The van der Waals surface area contributed by atoms with Gasteiger partial charge in [0.2, 0.25) is 0 Å². The summed E-state index contributed by atoms with van der Waals surface area (Å²) in [6, 6.07) is 0. The number of carbonyl (C=O) groups excluding carboxylic acids is 1. The van der Waals surface area contributed by atoms with Crippen LogP contribution in [0.4, 0.5) is 0 Å². The van der Waals surface area contributed by atoms with Crippen LogP contribution >= 0.6 is 0 Å². The monoisotopic (exact) mass is 480 g/mol. The standard InChI is InChI=1S/C33H52O2/c1-21(2)27(31(5,6)7)13-10-22(3)28-14-15-29-26-12-11-24-20-25(35-23(4)34)16-18-32(24,8)30(26)17-19-33(28,29)9/h10-11,13,22,25-30H,1,12,14-20H2,2-9H3/b13-10+/t22-,25-,26-,27+,28+,29-,30-,32-,33+/m0/s1. The lowest BCUT2D eigenvalue weighted by Gasteiger charge is -2.58. The lowest BCUT2D eigenvalue weighted by Crippen LogP contribution is -2.51. The van der Waals surface area contributed by atoms with Crippen molar-refractivity contribution in [1.29, 1.82) is 0 Å². The average Bonchev–Trinajstić information content (AvgIpc) is 3.09. The average molecular weight is 481 g/mol. The van der Waals surface area contributed by atoms with Crippen LogP contribution in [0.25, 0.3) is 0 Å². The van der Waals surface area contributed by atoms with Gasteiger partial charge >= 0.3 is 5.97 Å². The molecule has 0 aromatic heterocycles. The molecule has 4 aliphatic rings. The highest BCUT2D eigenvalue weighted by atomic mass is 16.5. The summed E-state index contributed by atoms with van der Waals surface area (Å²) in [5.74, 6) is 4.20. The van der Waals surface area contributed by atoms with E-state index in [0.29, 0.717) is 22.7 Å². The number of ether oxygens (including phenoxy) is 1. The van der Waals surface area contributed by atoms with Crippen LogP contribution in [0.15, 0.2) is 36.0 Å². The molecule has 3 saturated carbocycles. The number of hydrogen-bond donors (Lipinski definition) is 0. The van der Waals surface area contributed by atoms with Gasteiger partial charge in [-0.1, -0.05) is 77.5 Å². The van der Waals surface area contributed by atoms with Crippen molar-refractivity contribution in [3.8, 4) is 0 Å². The first-order chi connectivity index (χ1) is 16.3. The fraction of sp³-hybridized carbons (Fsp3) is 0.788. The van der Waals surface area contributed by atoms with E-state index in [1.54, 1.807) is 12.5 Å². The Hall–Kier alpha value is -1.31. The molecule has 0 bridgehead atoms. The molecule has 0 radical (unpaired) electrons. The third kappa shape index (κ3) is 4.85. The highest BCUT2D eigenvalue weighted by molar-refractivity contribution is 5.66. The number of carbonyl (C=O) groups is 1. The summed E-state index contributed by atoms with van der Waals surface area (Å²) in [6.45, 7) is 22.7. The third-order valence-corrected chi connectivity index (χ3v) is 11.2. The molecule has 2 heteroatoms. The van der Waals surface area contributed by atoms with Crippen LogP contribution in [0.5, 0.6) is 0 Å². The Kier molecular flexibility index (Phi) is 7.28. The SMILES string of the molecule is C=C(C)[C@@H](/C=C/[C@H](C)[C@H]1CC[C@H]2[C@@H]3CC=C4C[C@@H](OC(C)=O)CC[C@]4(C)[C@H]3CC[C@]12C)C(C)(C)C. The Labute approximate surface area is 216 Å². The fourth-order valence-electron chi connectivity index (χ4n) is 9.48. The normalized spacial score (nSPS) is 40.8. The lowest BCUT2D eigenvalue weighted by atomic mass is 9.47. The first-order valence-electron chi connectivity index (χ1n) is 14.5. The summed E-state index contributed by atoms with van der Waals surface area (Å²) in [6.07, 6.45) is 17.6. The van der Waals surface area contributed by atoms with Crippen molar-refractivity contribution >= 4 is 5.97 Å². The van der Waals surface area contributed by atoms with E-state index < -0.39 is 0 Å². The topological polar surface area (TPSA) is 26.3 Å². The Balaban J connectivity index is 1.50. The highest BCUT2D eigenvalue weighted by Gasteiger charge is 2.59. The van der Waals surface area contributed by atoms with Gasteiger partial charge < -0.3 is 4.74 Å². The van der Waals surface area contributed by atoms with Gasteiger partial charge in [-0.15, -0.1) is 0 Å². The van der Waals surface area contributed by atoms with E-state index in [9.17, 15) is 4.79 Å². The molecule has 4 aliphatic carbocycles. The van der Waals surface area contributed by atoms with Crippen LogP contribution < -0.4 is 0 Å². The largest absolute Gasteiger partial charge is 0.462 e. The zero-order valence-corrected chi connectivity index (χ0v) is 24.0. The minimum absolute atomic E-state index is 0.0943. The van der Waals surface area contributed by atoms with Gasteiger partial charge in [0.25, 0.3) is 0 Å². The molecule has 0 N–H and O–H groups in total. The molecule has 0 aliphatic heterocycles. The van der Waals surface area contributed by atoms with Gasteiger partial charge in [-0.2, -0.15) is 0 Å². The van der Waals surface area contributed by atoms with E-state index in [1.165, 1.54) is 44.1 Å². The van der Waals surface area contributed by atoms with Crippen molar-refractivity contribution in [2.24, 2.45) is 51.8 Å². The summed E-state index contributed by atoms with van der Waals surface area (Å²) < 4.78 is 5.63. The smallest absolute Gasteiger partial charge is 0.302 e. The van der Waals surface area contributed by atoms with Gasteiger partial charge in [0.05, 0.1) is 0 Å². The van der Waals surface area contributed by atoms with Crippen molar-refractivity contribution in [2.45, 2.75) is 113 Å².